The van der Waals surface area contributed by atoms with Gasteiger partial charge >= 0.3 is 11.2 Å². The molecule has 1 rings (SSSR count). The first-order valence-electron chi connectivity index (χ1n) is 5.46. The van der Waals surface area contributed by atoms with Crippen LogP contribution in [0, 0.1) is 16.0 Å². The van der Waals surface area contributed by atoms with Gasteiger partial charge in [-0.05, 0) is 24.8 Å². The first-order chi connectivity index (χ1) is 8.06. The van der Waals surface area contributed by atoms with Gasteiger partial charge in [0, 0.05) is 24.7 Å². The van der Waals surface area contributed by atoms with Crippen LogP contribution in [-0.2, 0) is 6.54 Å². The van der Waals surface area contributed by atoms with Crippen molar-refractivity contribution in [2.75, 3.05) is 5.88 Å². The van der Waals surface area contributed by atoms with Gasteiger partial charge in [-0.25, -0.2) is 0 Å². The molecule has 0 aliphatic rings. The molecule has 0 aliphatic carbocycles. The molecule has 1 aromatic rings. The van der Waals surface area contributed by atoms with Crippen molar-refractivity contribution in [3.63, 3.8) is 0 Å². The Balaban J connectivity index is 2.76. The Morgan fingerprint density at radius 3 is 2.82 bits per heavy atom. The van der Waals surface area contributed by atoms with Gasteiger partial charge in [0.25, 0.3) is 0 Å². The molecule has 0 radical (unpaired) electrons. The molecule has 1 atom stereocenters. The molecule has 94 valence electrons. The van der Waals surface area contributed by atoms with E-state index in [2.05, 4.69) is 0 Å². The Hall–Kier alpha value is -1.36. The molecule has 6 heteroatoms. The lowest BCUT2D eigenvalue weighted by Gasteiger charge is -2.10. The number of aromatic nitrogens is 1. The summed E-state index contributed by atoms with van der Waals surface area (Å²) in [4.78, 5) is 21.6. The molecule has 5 nitrogen and oxygen atoms in total. The van der Waals surface area contributed by atoms with Crippen molar-refractivity contribution in [2.45, 2.75) is 26.3 Å². The average Bonchev–Trinajstić information content (AvgIpc) is 2.27. The predicted octanol–water partition coefficient (Wildman–Crippen LogP) is 2.41. The second kappa shape index (κ2) is 6.39. The summed E-state index contributed by atoms with van der Waals surface area (Å²) < 4.78 is 1.38. The maximum absolute atomic E-state index is 11.7. The normalized spacial score (nSPS) is 12.4. The van der Waals surface area contributed by atoms with Gasteiger partial charge in [-0.15, -0.1) is 11.6 Å². The van der Waals surface area contributed by atoms with Crippen LogP contribution in [0.4, 0.5) is 5.69 Å². The van der Waals surface area contributed by atoms with Gasteiger partial charge in [-0.2, -0.15) is 0 Å². The number of hydrogen-bond donors (Lipinski definition) is 0. The van der Waals surface area contributed by atoms with Crippen LogP contribution in [-0.4, -0.2) is 15.4 Å². The zero-order valence-corrected chi connectivity index (χ0v) is 10.4. The minimum absolute atomic E-state index is 0.377. The van der Waals surface area contributed by atoms with Gasteiger partial charge in [-0.3, -0.25) is 14.9 Å². The summed E-state index contributed by atoms with van der Waals surface area (Å²) >= 11 is 5.62. The van der Waals surface area contributed by atoms with Crippen LogP contribution in [0.1, 0.15) is 19.8 Å². The molecule has 0 saturated carbocycles. The lowest BCUT2D eigenvalue weighted by molar-refractivity contribution is -0.386. The van der Waals surface area contributed by atoms with E-state index in [4.69, 9.17) is 11.6 Å². The highest BCUT2D eigenvalue weighted by Crippen LogP contribution is 2.10. The van der Waals surface area contributed by atoms with Crippen molar-refractivity contribution >= 4 is 17.3 Å². The monoisotopic (exact) mass is 258 g/mol. The molecule has 0 saturated heterocycles. The molecular weight excluding hydrogens is 244 g/mol. The highest BCUT2D eigenvalue weighted by Gasteiger charge is 2.13. The van der Waals surface area contributed by atoms with Gasteiger partial charge in [0.15, 0.2) is 0 Å². The molecule has 0 aromatic carbocycles. The van der Waals surface area contributed by atoms with Crippen molar-refractivity contribution in [1.82, 2.24) is 4.57 Å². The summed E-state index contributed by atoms with van der Waals surface area (Å²) in [5.74, 6) is 0.990. The van der Waals surface area contributed by atoms with E-state index in [9.17, 15) is 14.9 Å². The van der Waals surface area contributed by atoms with Crippen molar-refractivity contribution < 1.29 is 4.92 Å². The molecule has 1 heterocycles. The second-order valence-corrected chi connectivity index (χ2v) is 4.40. The lowest BCUT2D eigenvalue weighted by atomic mass is 10.1. The van der Waals surface area contributed by atoms with Gasteiger partial charge in [0.05, 0.1) is 4.92 Å². The number of nitro groups is 1. The van der Waals surface area contributed by atoms with Crippen LogP contribution < -0.4 is 5.56 Å². The van der Waals surface area contributed by atoms with E-state index >= 15 is 0 Å². The standard InChI is InChI=1S/C11H15ClN2O3/c1-9(4-6-12)5-8-13-7-2-3-10(11(13)15)14(16)17/h2-3,7,9H,4-6,8H2,1H3. The summed E-state index contributed by atoms with van der Waals surface area (Å²) in [6, 6.07) is 2.74. The smallest absolute Gasteiger partial charge is 0.310 e. The maximum Gasteiger partial charge on any atom is 0.334 e. The Morgan fingerprint density at radius 2 is 2.24 bits per heavy atom. The summed E-state index contributed by atoms with van der Waals surface area (Å²) in [5.41, 5.74) is -0.923. The highest BCUT2D eigenvalue weighted by atomic mass is 35.5. The van der Waals surface area contributed by atoms with Gasteiger partial charge in [0.2, 0.25) is 0 Å². The fourth-order valence-corrected chi connectivity index (χ4v) is 1.90. The number of alkyl halides is 1. The van der Waals surface area contributed by atoms with E-state index in [-0.39, 0.29) is 5.69 Å². The van der Waals surface area contributed by atoms with Crippen LogP contribution in [0.5, 0.6) is 0 Å². The Kier molecular flexibility index (Phi) is 5.15. The van der Waals surface area contributed by atoms with Crippen LogP contribution >= 0.6 is 11.6 Å². The van der Waals surface area contributed by atoms with Gasteiger partial charge in [0.1, 0.15) is 0 Å². The summed E-state index contributed by atoms with van der Waals surface area (Å²) in [6.07, 6.45) is 3.24. The number of aryl methyl sites for hydroxylation is 1. The van der Waals surface area contributed by atoms with Crippen molar-refractivity contribution in [3.8, 4) is 0 Å². The predicted molar refractivity (Wildman–Crippen MR) is 66.5 cm³/mol. The topological polar surface area (TPSA) is 65.1 Å². The Bertz CT molecular complexity index is 445. The Morgan fingerprint density at radius 1 is 1.53 bits per heavy atom. The fourth-order valence-electron chi connectivity index (χ4n) is 1.53. The molecular formula is C11H15ClN2O3. The number of nitrogens with zero attached hydrogens (tertiary/aromatic N) is 2. The number of halogens is 1. The summed E-state index contributed by atoms with van der Waals surface area (Å²) in [7, 11) is 0. The third-order valence-electron chi connectivity index (χ3n) is 2.66. The minimum Gasteiger partial charge on any atom is -0.310 e. The fraction of sp³-hybridized carbons (Fsp3) is 0.545. The largest absolute Gasteiger partial charge is 0.334 e. The number of hydrogen-bond acceptors (Lipinski definition) is 3. The average molecular weight is 259 g/mol. The van der Waals surface area contributed by atoms with E-state index in [1.807, 2.05) is 6.92 Å². The van der Waals surface area contributed by atoms with Crippen molar-refractivity contribution in [2.24, 2.45) is 5.92 Å². The molecule has 0 bridgehead atoms. The van der Waals surface area contributed by atoms with Crippen molar-refractivity contribution in [3.05, 3.63) is 38.8 Å². The lowest BCUT2D eigenvalue weighted by Crippen LogP contribution is -2.22. The van der Waals surface area contributed by atoms with E-state index < -0.39 is 10.5 Å². The van der Waals surface area contributed by atoms with Gasteiger partial charge in [-0.1, -0.05) is 6.92 Å². The molecule has 1 aromatic heterocycles. The van der Waals surface area contributed by atoms with Crippen LogP contribution in [0.15, 0.2) is 23.1 Å². The zero-order valence-electron chi connectivity index (χ0n) is 9.63. The summed E-state index contributed by atoms with van der Waals surface area (Å²) in [5, 5.41) is 10.6. The van der Waals surface area contributed by atoms with E-state index in [0.717, 1.165) is 12.8 Å². The second-order valence-electron chi connectivity index (χ2n) is 4.02. The van der Waals surface area contributed by atoms with Crippen molar-refractivity contribution in [1.29, 1.82) is 0 Å². The first kappa shape index (κ1) is 13.7. The van der Waals surface area contributed by atoms with Gasteiger partial charge < -0.3 is 4.57 Å². The SMILES string of the molecule is CC(CCCl)CCn1cccc([N+](=O)[O-])c1=O. The van der Waals surface area contributed by atoms with Crippen LogP contribution in [0.25, 0.3) is 0 Å². The molecule has 17 heavy (non-hydrogen) atoms. The quantitative estimate of drug-likeness (QED) is 0.447. The third-order valence-corrected chi connectivity index (χ3v) is 2.88. The zero-order chi connectivity index (χ0) is 12.8. The number of pyridine rings is 1. The highest BCUT2D eigenvalue weighted by molar-refractivity contribution is 6.17. The van der Waals surface area contributed by atoms with E-state index in [1.54, 1.807) is 6.20 Å². The molecule has 0 N–H and O–H groups in total. The molecule has 0 fully saturated rings. The van der Waals surface area contributed by atoms with E-state index in [1.165, 1.54) is 16.7 Å². The molecule has 0 amide bonds. The van der Waals surface area contributed by atoms with Crippen LogP contribution in [0.2, 0.25) is 0 Å². The van der Waals surface area contributed by atoms with Crippen LogP contribution in [0.3, 0.4) is 0 Å². The molecule has 0 spiro atoms. The first-order valence-corrected chi connectivity index (χ1v) is 5.99. The third kappa shape index (κ3) is 3.85. The van der Waals surface area contributed by atoms with E-state index in [0.29, 0.717) is 18.3 Å². The summed E-state index contributed by atoms with van der Waals surface area (Å²) in [6.45, 7) is 2.53. The maximum atomic E-state index is 11.7. The molecule has 0 aliphatic heterocycles. The Labute approximate surface area is 104 Å². The minimum atomic E-state index is -0.652. The molecule has 1 unspecified atom stereocenters. The number of rotatable bonds is 6.